The van der Waals surface area contributed by atoms with Crippen molar-refractivity contribution in [3.8, 4) is 0 Å². The zero-order valence-corrected chi connectivity index (χ0v) is 17.4. The Labute approximate surface area is 175 Å². The van der Waals surface area contributed by atoms with Crippen LogP contribution in [0, 0.1) is 12.7 Å². The maximum atomic E-state index is 13.2. The lowest BCUT2D eigenvalue weighted by Crippen LogP contribution is -2.35. The molecule has 0 saturated heterocycles. The van der Waals surface area contributed by atoms with Gasteiger partial charge in [0, 0.05) is 17.3 Å². The van der Waals surface area contributed by atoms with Crippen molar-refractivity contribution in [1.82, 2.24) is 0 Å². The summed E-state index contributed by atoms with van der Waals surface area (Å²) >= 11 is 0. The molecule has 1 N–H and O–H groups in total. The smallest absolute Gasteiger partial charge is 0.264 e. The predicted octanol–water partition coefficient (Wildman–Crippen LogP) is 4.53. The molecule has 1 amide bonds. The number of sulfonamides is 1. The monoisotopic (exact) mass is 424 g/mol. The molecular weight excluding hydrogens is 403 g/mol. The number of halogens is 1. The minimum Gasteiger partial charge on any atom is -0.322 e. The summed E-state index contributed by atoms with van der Waals surface area (Å²) in [5, 5.41) is 2.85. The maximum absolute atomic E-state index is 13.2. The molecule has 0 bridgehead atoms. The van der Waals surface area contributed by atoms with Gasteiger partial charge in [-0.05, 0) is 80.4 Å². The van der Waals surface area contributed by atoms with Gasteiger partial charge in [0.15, 0.2) is 0 Å². The lowest BCUT2D eigenvalue weighted by molar-refractivity contribution is 0.102. The summed E-state index contributed by atoms with van der Waals surface area (Å²) in [6.07, 6.45) is 0.488. The fourth-order valence-corrected chi connectivity index (χ4v) is 5.36. The van der Waals surface area contributed by atoms with Gasteiger partial charge >= 0.3 is 0 Å². The first-order chi connectivity index (χ1) is 14.3. The first kappa shape index (κ1) is 20.1. The molecule has 1 atom stereocenters. The van der Waals surface area contributed by atoms with Crippen molar-refractivity contribution in [2.24, 2.45) is 0 Å². The fourth-order valence-electron chi connectivity index (χ4n) is 3.67. The van der Waals surface area contributed by atoms with Gasteiger partial charge in [-0.2, -0.15) is 0 Å². The Morgan fingerprint density at radius 2 is 1.70 bits per heavy atom. The van der Waals surface area contributed by atoms with Crippen LogP contribution in [0.5, 0.6) is 0 Å². The second kappa shape index (κ2) is 7.57. The Morgan fingerprint density at radius 3 is 2.37 bits per heavy atom. The van der Waals surface area contributed by atoms with E-state index in [9.17, 15) is 17.6 Å². The number of nitrogens with one attached hydrogen (secondary N) is 1. The lowest BCUT2D eigenvalue weighted by Gasteiger charge is -2.24. The van der Waals surface area contributed by atoms with E-state index in [4.69, 9.17) is 0 Å². The van der Waals surface area contributed by atoms with E-state index in [1.807, 2.05) is 38.1 Å². The molecule has 5 nitrogen and oxygen atoms in total. The highest BCUT2D eigenvalue weighted by Gasteiger charge is 2.36. The lowest BCUT2D eigenvalue weighted by atomic mass is 10.1. The molecule has 7 heteroatoms. The Morgan fingerprint density at radius 1 is 1.03 bits per heavy atom. The number of amides is 1. The molecule has 0 aromatic heterocycles. The van der Waals surface area contributed by atoms with E-state index in [1.165, 1.54) is 16.4 Å². The zero-order valence-electron chi connectivity index (χ0n) is 16.6. The molecule has 0 radical (unpaired) electrons. The summed E-state index contributed by atoms with van der Waals surface area (Å²) in [5.41, 5.74) is 3.58. The summed E-state index contributed by atoms with van der Waals surface area (Å²) in [5.74, 6) is -0.748. The third kappa shape index (κ3) is 3.68. The molecule has 30 heavy (non-hydrogen) atoms. The predicted molar refractivity (Wildman–Crippen MR) is 115 cm³/mol. The molecule has 0 unspecified atom stereocenters. The average Bonchev–Trinajstić information content (AvgIpc) is 3.05. The first-order valence-corrected chi connectivity index (χ1v) is 11.0. The number of fused-ring (bicyclic) bond motifs is 1. The number of hydrogen-bond acceptors (Lipinski definition) is 3. The van der Waals surface area contributed by atoms with Crippen molar-refractivity contribution in [2.75, 3.05) is 9.62 Å². The Hall–Kier alpha value is -3.19. The molecule has 4 rings (SSSR count). The van der Waals surface area contributed by atoms with Crippen LogP contribution in [-0.4, -0.2) is 20.4 Å². The summed E-state index contributed by atoms with van der Waals surface area (Å²) in [7, 11) is -3.84. The highest BCUT2D eigenvalue weighted by molar-refractivity contribution is 7.92. The van der Waals surface area contributed by atoms with Gasteiger partial charge < -0.3 is 5.32 Å². The van der Waals surface area contributed by atoms with Crippen LogP contribution in [-0.2, 0) is 16.4 Å². The summed E-state index contributed by atoms with van der Waals surface area (Å²) in [6, 6.07) is 17.0. The van der Waals surface area contributed by atoms with Gasteiger partial charge in [0.1, 0.15) is 5.82 Å². The van der Waals surface area contributed by atoms with E-state index in [-0.39, 0.29) is 16.8 Å². The van der Waals surface area contributed by atoms with Crippen molar-refractivity contribution >= 4 is 27.3 Å². The van der Waals surface area contributed by atoms with E-state index < -0.39 is 15.8 Å². The van der Waals surface area contributed by atoms with E-state index in [1.54, 1.807) is 18.2 Å². The largest absolute Gasteiger partial charge is 0.322 e. The van der Waals surface area contributed by atoms with E-state index in [0.29, 0.717) is 23.4 Å². The van der Waals surface area contributed by atoms with Crippen LogP contribution < -0.4 is 9.62 Å². The Bertz CT molecular complexity index is 1210. The van der Waals surface area contributed by atoms with Crippen molar-refractivity contribution in [2.45, 2.75) is 31.2 Å². The highest BCUT2D eigenvalue weighted by atomic mass is 32.2. The number of rotatable bonds is 4. The molecule has 1 aliphatic rings. The number of hydrogen-bond donors (Lipinski definition) is 1. The second-order valence-electron chi connectivity index (χ2n) is 7.47. The molecule has 1 heterocycles. The average molecular weight is 424 g/mol. The van der Waals surface area contributed by atoms with E-state index in [2.05, 4.69) is 5.32 Å². The number of anilines is 2. The molecular formula is C23H21FN2O3S. The van der Waals surface area contributed by atoms with Crippen molar-refractivity contribution in [3.05, 3.63) is 89.2 Å². The third-order valence-electron chi connectivity index (χ3n) is 5.17. The van der Waals surface area contributed by atoms with Crippen LogP contribution in [0.15, 0.2) is 71.6 Å². The fraction of sp³-hybridized carbons (Fsp3) is 0.174. The maximum Gasteiger partial charge on any atom is 0.264 e. The number of aryl methyl sites for hydroxylation is 1. The summed E-state index contributed by atoms with van der Waals surface area (Å²) in [6.45, 7) is 3.78. The normalized spacial score (nSPS) is 15.7. The van der Waals surface area contributed by atoms with Gasteiger partial charge in [-0.1, -0.05) is 17.7 Å². The number of benzene rings is 3. The van der Waals surface area contributed by atoms with Gasteiger partial charge in [-0.3, -0.25) is 9.10 Å². The molecule has 0 saturated carbocycles. The van der Waals surface area contributed by atoms with Crippen LogP contribution in [0.4, 0.5) is 15.8 Å². The number of carbonyl (C=O) groups is 1. The van der Waals surface area contributed by atoms with Gasteiger partial charge in [0.2, 0.25) is 0 Å². The van der Waals surface area contributed by atoms with Gasteiger partial charge in [-0.25, -0.2) is 12.8 Å². The first-order valence-electron chi connectivity index (χ1n) is 9.56. The third-order valence-corrected chi connectivity index (χ3v) is 7.12. The Kier molecular flexibility index (Phi) is 5.07. The van der Waals surface area contributed by atoms with Crippen molar-refractivity contribution < 1.29 is 17.6 Å². The van der Waals surface area contributed by atoms with Crippen molar-refractivity contribution in [3.63, 3.8) is 0 Å². The van der Waals surface area contributed by atoms with Gasteiger partial charge in [-0.15, -0.1) is 0 Å². The topological polar surface area (TPSA) is 66.5 Å². The van der Waals surface area contributed by atoms with Crippen LogP contribution in [0.1, 0.15) is 28.4 Å². The summed E-state index contributed by atoms with van der Waals surface area (Å²) in [4.78, 5) is 12.7. The van der Waals surface area contributed by atoms with E-state index >= 15 is 0 Å². The highest BCUT2D eigenvalue weighted by Crippen LogP contribution is 2.37. The second-order valence-corrected chi connectivity index (χ2v) is 9.29. The van der Waals surface area contributed by atoms with Crippen molar-refractivity contribution in [1.29, 1.82) is 0 Å². The number of carbonyl (C=O) groups excluding carboxylic acids is 1. The van der Waals surface area contributed by atoms with Gasteiger partial charge in [0.05, 0.1) is 10.6 Å². The van der Waals surface area contributed by atoms with Crippen LogP contribution in [0.25, 0.3) is 0 Å². The van der Waals surface area contributed by atoms with Crippen LogP contribution in [0.3, 0.4) is 0 Å². The molecule has 0 aliphatic carbocycles. The molecule has 3 aromatic carbocycles. The number of nitrogens with zero attached hydrogens (tertiary/aromatic N) is 1. The SMILES string of the molecule is Cc1ccc(NC(=O)c2ccc3c(c2)C[C@@H](C)N3S(=O)(=O)c2ccc(F)cc2)cc1. The quantitative estimate of drug-likeness (QED) is 0.669. The van der Waals surface area contributed by atoms with Crippen LogP contribution in [0.2, 0.25) is 0 Å². The molecule has 154 valence electrons. The molecule has 3 aromatic rings. The minimum absolute atomic E-state index is 0.0322. The van der Waals surface area contributed by atoms with E-state index in [0.717, 1.165) is 23.3 Å². The molecule has 1 aliphatic heterocycles. The zero-order chi connectivity index (χ0) is 21.5. The Balaban J connectivity index is 1.62. The molecule has 0 spiro atoms. The minimum atomic E-state index is -3.84. The molecule has 0 fully saturated rings. The summed E-state index contributed by atoms with van der Waals surface area (Å²) < 4.78 is 40.8. The van der Waals surface area contributed by atoms with Gasteiger partial charge in [0.25, 0.3) is 15.9 Å². The van der Waals surface area contributed by atoms with Crippen LogP contribution >= 0.6 is 0 Å². The standard InChI is InChI=1S/C23H21FN2O3S/c1-15-3-8-20(9-4-15)25-23(27)17-5-12-22-18(14-17)13-16(2)26(22)30(28,29)21-10-6-19(24)7-11-21/h3-12,14,16H,13H2,1-2H3,(H,25,27)/t16-/m1/s1.